The summed E-state index contributed by atoms with van der Waals surface area (Å²) < 4.78 is 0. The third-order valence-electron chi connectivity index (χ3n) is 4.61. The van der Waals surface area contributed by atoms with E-state index in [2.05, 4.69) is 11.4 Å². The zero-order valence-corrected chi connectivity index (χ0v) is 14.9. The molecule has 4 aromatic rings. The van der Waals surface area contributed by atoms with Crippen LogP contribution in [0.2, 0.25) is 0 Å². The predicted octanol–water partition coefficient (Wildman–Crippen LogP) is 3.51. The van der Waals surface area contributed by atoms with Gasteiger partial charge in [0, 0.05) is 5.56 Å². The molecule has 0 spiro atoms. The summed E-state index contributed by atoms with van der Waals surface area (Å²) in [4.78, 5) is 24.2. The summed E-state index contributed by atoms with van der Waals surface area (Å²) in [5.41, 5.74) is 0.814. The van der Waals surface area contributed by atoms with Crippen LogP contribution in [0.15, 0.2) is 90.6 Å². The molecule has 0 aliphatic carbocycles. The van der Waals surface area contributed by atoms with Gasteiger partial charge in [-0.05, 0) is 51.4 Å². The van der Waals surface area contributed by atoms with Crippen molar-refractivity contribution in [2.24, 2.45) is 0 Å². The molecule has 1 amide bonds. The fraction of sp³-hybridized carbons (Fsp3) is 0. The SMILES string of the molecule is O=C([O-])/C(=C/c1c2ccccc2cc2ccccc12)NC(=O)c1ccccc1. The Morgan fingerprint density at radius 1 is 0.750 bits per heavy atom. The second-order valence-corrected chi connectivity index (χ2v) is 6.40. The van der Waals surface area contributed by atoms with Crippen LogP contribution in [-0.4, -0.2) is 11.9 Å². The van der Waals surface area contributed by atoms with Crippen LogP contribution in [0.1, 0.15) is 15.9 Å². The number of rotatable bonds is 4. The Bertz CT molecular complexity index is 1170. The van der Waals surface area contributed by atoms with Gasteiger partial charge in [-0.15, -0.1) is 0 Å². The van der Waals surface area contributed by atoms with Crippen LogP contribution in [0.5, 0.6) is 0 Å². The van der Waals surface area contributed by atoms with Crippen LogP contribution >= 0.6 is 0 Å². The monoisotopic (exact) mass is 366 g/mol. The number of hydrogen-bond acceptors (Lipinski definition) is 3. The maximum atomic E-state index is 12.4. The molecule has 0 aliphatic rings. The molecule has 4 heteroatoms. The van der Waals surface area contributed by atoms with E-state index in [4.69, 9.17) is 0 Å². The van der Waals surface area contributed by atoms with Crippen molar-refractivity contribution in [1.82, 2.24) is 5.32 Å². The summed E-state index contributed by atoms with van der Waals surface area (Å²) in [5, 5.41) is 18.0. The number of amides is 1. The minimum atomic E-state index is -1.44. The first kappa shape index (κ1) is 17.5. The Hall–Kier alpha value is -3.92. The number of carboxylic acid groups (broad SMARTS) is 1. The van der Waals surface area contributed by atoms with Crippen molar-refractivity contribution in [3.63, 3.8) is 0 Å². The second kappa shape index (κ2) is 7.37. The molecule has 0 saturated heterocycles. The number of aliphatic carboxylic acids is 1. The van der Waals surface area contributed by atoms with Crippen LogP contribution in [-0.2, 0) is 4.79 Å². The van der Waals surface area contributed by atoms with E-state index in [0.717, 1.165) is 27.1 Å². The lowest BCUT2D eigenvalue weighted by molar-refractivity contribution is -0.299. The molecule has 136 valence electrons. The molecule has 0 radical (unpaired) electrons. The molecule has 0 aliphatic heterocycles. The highest BCUT2D eigenvalue weighted by molar-refractivity contribution is 6.10. The standard InChI is InChI=1S/C24H17NO3/c26-23(16-8-2-1-3-9-16)25-22(24(27)28)15-21-19-12-6-4-10-17(19)14-18-11-5-7-13-20(18)21/h1-15H,(H,25,26)(H,27,28)/p-1/b22-15-. The minimum absolute atomic E-state index is 0.282. The van der Waals surface area contributed by atoms with E-state index in [-0.39, 0.29) is 5.70 Å². The highest BCUT2D eigenvalue weighted by Crippen LogP contribution is 2.30. The van der Waals surface area contributed by atoms with Crippen molar-refractivity contribution in [3.8, 4) is 0 Å². The number of carboxylic acids is 1. The molecule has 0 atom stereocenters. The molecule has 0 saturated carbocycles. The summed E-state index contributed by atoms with van der Waals surface area (Å²) in [6.07, 6.45) is 1.47. The Labute approximate surface area is 161 Å². The Morgan fingerprint density at radius 3 is 1.86 bits per heavy atom. The number of carbonyl (C=O) groups excluding carboxylic acids is 2. The molecular weight excluding hydrogens is 350 g/mol. The number of benzene rings is 4. The number of fused-ring (bicyclic) bond motifs is 2. The summed E-state index contributed by atoms with van der Waals surface area (Å²) in [5.74, 6) is -1.94. The fourth-order valence-electron chi connectivity index (χ4n) is 3.28. The van der Waals surface area contributed by atoms with E-state index in [1.807, 2.05) is 48.5 Å². The van der Waals surface area contributed by atoms with Gasteiger partial charge in [-0.3, -0.25) is 4.79 Å². The summed E-state index contributed by atoms with van der Waals surface area (Å²) in [6.45, 7) is 0. The molecular formula is C24H16NO3-. The van der Waals surface area contributed by atoms with Crippen LogP contribution in [0, 0.1) is 0 Å². The first-order valence-corrected chi connectivity index (χ1v) is 8.83. The zero-order valence-electron chi connectivity index (χ0n) is 14.9. The van der Waals surface area contributed by atoms with Gasteiger partial charge in [0.05, 0.1) is 11.7 Å². The third-order valence-corrected chi connectivity index (χ3v) is 4.61. The Balaban J connectivity index is 1.87. The van der Waals surface area contributed by atoms with Crippen molar-refractivity contribution in [2.75, 3.05) is 0 Å². The highest BCUT2D eigenvalue weighted by Gasteiger charge is 2.11. The van der Waals surface area contributed by atoms with Gasteiger partial charge >= 0.3 is 0 Å². The van der Waals surface area contributed by atoms with Gasteiger partial charge in [0.2, 0.25) is 0 Å². The first-order chi connectivity index (χ1) is 13.6. The van der Waals surface area contributed by atoms with Crippen molar-refractivity contribution < 1.29 is 14.7 Å². The Kier molecular flexibility index (Phi) is 4.60. The van der Waals surface area contributed by atoms with Gasteiger partial charge in [-0.1, -0.05) is 66.7 Å². The van der Waals surface area contributed by atoms with Crippen molar-refractivity contribution in [1.29, 1.82) is 0 Å². The summed E-state index contributed by atoms with van der Waals surface area (Å²) in [7, 11) is 0. The lowest BCUT2D eigenvalue weighted by Crippen LogP contribution is -2.35. The smallest absolute Gasteiger partial charge is 0.255 e. The molecule has 0 heterocycles. The van der Waals surface area contributed by atoms with E-state index in [1.54, 1.807) is 30.3 Å². The van der Waals surface area contributed by atoms with E-state index < -0.39 is 11.9 Å². The van der Waals surface area contributed by atoms with Crippen molar-refractivity contribution in [2.45, 2.75) is 0 Å². The average molecular weight is 366 g/mol. The van der Waals surface area contributed by atoms with Crippen LogP contribution in [0.25, 0.3) is 27.6 Å². The van der Waals surface area contributed by atoms with Crippen LogP contribution < -0.4 is 10.4 Å². The average Bonchev–Trinajstić information content (AvgIpc) is 2.73. The number of carbonyl (C=O) groups is 2. The van der Waals surface area contributed by atoms with E-state index in [9.17, 15) is 14.7 Å². The predicted molar refractivity (Wildman–Crippen MR) is 108 cm³/mol. The van der Waals surface area contributed by atoms with Gasteiger partial charge in [0.25, 0.3) is 5.91 Å². The maximum Gasteiger partial charge on any atom is 0.255 e. The van der Waals surface area contributed by atoms with E-state index in [1.165, 1.54) is 6.08 Å². The van der Waals surface area contributed by atoms with Gasteiger partial charge in [0.1, 0.15) is 0 Å². The molecule has 4 nitrogen and oxygen atoms in total. The highest BCUT2D eigenvalue weighted by atomic mass is 16.4. The third kappa shape index (κ3) is 3.35. The Morgan fingerprint density at radius 2 is 1.29 bits per heavy atom. The van der Waals surface area contributed by atoms with Crippen molar-refractivity contribution >= 4 is 39.5 Å². The number of nitrogens with one attached hydrogen (secondary N) is 1. The van der Waals surface area contributed by atoms with E-state index >= 15 is 0 Å². The summed E-state index contributed by atoms with van der Waals surface area (Å²) >= 11 is 0. The van der Waals surface area contributed by atoms with Crippen LogP contribution in [0.3, 0.4) is 0 Å². The van der Waals surface area contributed by atoms with E-state index in [0.29, 0.717) is 5.56 Å². The lowest BCUT2D eigenvalue weighted by atomic mass is 9.96. The quantitative estimate of drug-likeness (QED) is 0.444. The molecule has 0 unspecified atom stereocenters. The molecule has 0 aromatic heterocycles. The van der Waals surface area contributed by atoms with Gasteiger partial charge in [0.15, 0.2) is 0 Å². The lowest BCUT2D eigenvalue weighted by Gasteiger charge is -2.14. The molecule has 4 rings (SSSR count). The summed E-state index contributed by atoms with van der Waals surface area (Å²) in [6, 6.07) is 26.0. The normalized spacial score (nSPS) is 11.5. The fourth-order valence-corrected chi connectivity index (χ4v) is 3.28. The molecule has 0 fully saturated rings. The van der Waals surface area contributed by atoms with Crippen LogP contribution in [0.4, 0.5) is 0 Å². The van der Waals surface area contributed by atoms with Crippen molar-refractivity contribution in [3.05, 3.63) is 102 Å². The molecule has 0 bridgehead atoms. The minimum Gasteiger partial charge on any atom is -0.543 e. The number of hydrogen-bond donors (Lipinski definition) is 1. The van der Waals surface area contributed by atoms with Gasteiger partial charge in [-0.2, -0.15) is 0 Å². The zero-order chi connectivity index (χ0) is 19.5. The maximum absolute atomic E-state index is 12.4. The molecule has 28 heavy (non-hydrogen) atoms. The molecule has 1 N–H and O–H groups in total. The van der Waals surface area contributed by atoms with Gasteiger partial charge in [-0.25, -0.2) is 0 Å². The second-order valence-electron chi connectivity index (χ2n) is 6.40. The largest absolute Gasteiger partial charge is 0.543 e. The molecule has 4 aromatic carbocycles. The van der Waals surface area contributed by atoms with Gasteiger partial charge < -0.3 is 15.2 Å². The first-order valence-electron chi connectivity index (χ1n) is 8.83. The topological polar surface area (TPSA) is 69.2 Å².